The molecule has 0 unspecified atom stereocenters. The fourth-order valence-electron chi connectivity index (χ4n) is 3.44. The van der Waals surface area contributed by atoms with E-state index in [0.717, 1.165) is 16.6 Å². The molecule has 5 aromatic rings. The number of ketones is 1. The van der Waals surface area contributed by atoms with Crippen molar-refractivity contribution in [2.45, 2.75) is 13.8 Å². The van der Waals surface area contributed by atoms with E-state index >= 15 is 0 Å². The summed E-state index contributed by atoms with van der Waals surface area (Å²) in [6.45, 7) is 3.26. The Morgan fingerprint density at radius 1 is 1.06 bits per heavy atom. The van der Waals surface area contributed by atoms with Gasteiger partial charge in [-0.3, -0.25) is 14.2 Å². The number of benzene rings is 1. The number of hydrogen-bond donors (Lipinski definition) is 2. The van der Waals surface area contributed by atoms with Crippen molar-refractivity contribution in [3.8, 4) is 11.5 Å². The Hall–Kier alpha value is -4.40. The quantitative estimate of drug-likeness (QED) is 0.431. The predicted octanol–water partition coefficient (Wildman–Crippen LogP) is 3.57. The highest BCUT2D eigenvalue weighted by molar-refractivity contribution is 5.94. The normalized spacial score (nSPS) is 11.2. The van der Waals surface area contributed by atoms with E-state index in [4.69, 9.17) is 10.7 Å². The van der Waals surface area contributed by atoms with E-state index in [2.05, 4.69) is 25.3 Å². The molecule has 3 N–H and O–H groups in total. The molecule has 0 spiro atoms. The van der Waals surface area contributed by atoms with Crippen LogP contribution in [0.2, 0.25) is 0 Å². The minimum absolute atomic E-state index is 0.0528. The van der Waals surface area contributed by atoms with Crippen LogP contribution in [0.3, 0.4) is 0 Å². The molecule has 152 valence electrons. The molecular weight excluding hydrogens is 392 g/mol. The number of aromatic nitrogens is 6. The standard InChI is InChI=1S/C22H18N8O/c1-12(31)15-6-8-18-28-21(27-16-7-5-14-4-3-9-24-17(14)10-16)19(30(18)11-15)20-25-13(2)26-22(23)29-20/h3-11,27H,1-2H3,(H2,23,25,26,29). The molecule has 31 heavy (non-hydrogen) atoms. The number of carbonyl (C=O) groups is 1. The smallest absolute Gasteiger partial charge is 0.223 e. The van der Waals surface area contributed by atoms with Crippen LogP contribution in [0.15, 0.2) is 54.9 Å². The molecule has 0 amide bonds. The second kappa shape index (κ2) is 7.13. The first-order chi connectivity index (χ1) is 15.0. The van der Waals surface area contributed by atoms with Crippen LogP contribution < -0.4 is 11.1 Å². The van der Waals surface area contributed by atoms with Crippen molar-refractivity contribution < 1.29 is 4.79 Å². The Bertz CT molecular complexity index is 1450. The topological polar surface area (TPSA) is 124 Å². The average molecular weight is 410 g/mol. The summed E-state index contributed by atoms with van der Waals surface area (Å²) in [5, 5.41) is 4.38. The minimum Gasteiger partial charge on any atom is -0.368 e. The average Bonchev–Trinajstić information content (AvgIpc) is 3.09. The lowest BCUT2D eigenvalue weighted by Gasteiger charge is -2.09. The van der Waals surface area contributed by atoms with Crippen molar-refractivity contribution in [1.29, 1.82) is 0 Å². The van der Waals surface area contributed by atoms with E-state index in [1.165, 1.54) is 6.92 Å². The van der Waals surface area contributed by atoms with Gasteiger partial charge in [0, 0.05) is 29.0 Å². The lowest BCUT2D eigenvalue weighted by molar-refractivity contribution is 0.101. The summed E-state index contributed by atoms with van der Waals surface area (Å²) in [4.78, 5) is 33.9. The van der Waals surface area contributed by atoms with Crippen LogP contribution in [0, 0.1) is 6.92 Å². The van der Waals surface area contributed by atoms with Crippen LogP contribution in [-0.4, -0.2) is 35.1 Å². The Morgan fingerprint density at radius 3 is 2.74 bits per heavy atom. The van der Waals surface area contributed by atoms with E-state index in [1.54, 1.807) is 35.9 Å². The maximum Gasteiger partial charge on any atom is 0.223 e. The summed E-state index contributed by atoms with van der Waals surface area (Å²) in [5.41, 5.74) is 9.31. The Balaban J connectivity index is 1.71. The van der Waals surface area contributed by atoms with Crippen LogP contribution in [0.1, 0.15) is 23.1 Å². The molecule has 0 aliphatic heterocycles. The van der Waals surface area contributed by atoms with E-state index < -0.39 is 0 Å². The number of fused-ring (bicyclic) bond motifs is 2. The highest BCUT2D eigenvalue weighted by Gasteiger charge is 2.19. The van der Waals surface area contributed by atoms with Crippen LogP contribution in [0.4, 0.5) is 17.5 Å². The second-order valence-electron chi connectivity index (χ2n) is 7.11. The number of carbonyl (C=O) groups excluding carboxylic acids is 1. The number of nitrogens with zero attached hydrogens (tertiary/aromatic N) is 6. The third kappa shape index (κ3) is 3.42. The Kier molecular flexibility index (Phi) is 4.28. The summed E-state index contributed by atoms with van der Waals surface area (Å²) in [6.07, 6.45) is 3.48. The number of aryl methyl sites for hydroxylation is 1. The molecule has 9 nitrogen and oxygen atoms in total. The molecule has 1 aromatic carbocycles. The number of nitrogens with two attached hydrogens (primary N) is 1. The fourth-order valence-corrected chi connectivity index (χ4v) is 3.44. The summed E-state index contributed by atoms with van der Waals surface area (Å²) in [6, 6.07) is 13.3. The molecule has 0 radical (unpaired) electrons. The van der Waals surface area contributed by atoms with E-state index in [-0.39, 0.29) is 11.7 Å². The summed E-state index contributed by atoms with van der Waals surface area (Å²) in [7, 11) is 0. The van der Waals surface area contributed by atoms with Crippen LogP contribution in [-0.2, 0) is 0 Å². The Labute approximate surface area is 177 Å². The van der Waals surface area contributed by atoms with Gasteiger partial charge in [0.1, 0.15) is 17.2 Å². The van der Waals surface area contributed by atoms with Gasteiger partial charge in [0.05, 0.1) is 5.52 Å². The van der Waals surface area contributed by atoms with E-state index in [1.807, 2.05) is 30.3 Å². The molecule has 4 aromatic heterocycles. The molecule has 0 atom stereocenters. The number of imidazole rings is 1. The SMILES string of the molecule is CC(=O)c1ccc2nc(Nc3ccc4cccnc4c3)c(-c3nc(C)nc(N)n3)n2c1. The first-order valence-corrected chi connectivity index (χ1v) is 9.61. The number of pyridine rings is 2. The number of rotatable bonds is 4. The highest BCUT2D eigenvalue weighted by atomic mass is 16.1. The zero-order valence-corrected chi connectivity index (χ0v) is 16.9. The molecule has 5 rings (SSSR count). The van der Waals surface area contributed by atoms with Gasteiger partial charge in [0.15, 0.2) is 17.4 Å². The summed E-state index contributed by atoms with van der Waals surface area (Å²) >= 11 is 0. The maximum absolute atomic E-state index is 11.9. The highest BCUT2D eigenvalue weighted by Crippen LogP contribution is 2.30. The molecule has 9 heteroatoms. The largest absolute Gasteiger partial charge is 0.368 e. The van der Waals surface area contributed by atoms with E-state index in [0.29, 0.717) is 34.4 Å². The van der Waals surface area contributed by atoms with Crippen LogP contribution in [0.5, 0.6) is 0 Å². The third-order valence-electron chi connectivity index (χ3n) is 4.87. The molecule has 0 fully saturated rings. The van der Waals surface area contributed by atoms with Crippen molar-refractivity contribution in [3.05, 3.63) is 66.2 Å². The number of nitrogens with one attached hydrogen (secondary N) is 1. The first-order valence-electron chi connectivity index (χ1n) is 9.61. The molecule has 0 aliphatic carbocycles. The molecule has 0 aliphatic rings. The van der Waals surface area contributed by atoms with Gasteiger partial charge < -0.3 is 11.1 Å². The number of anilines is 3. The van der Waals surface area contributed by atoms with Crippen molar-refractivity contribution in [3.63, 3.8) is 0 Å². The minimum atomic E-state index is -0.0528. The fraction of sp³-hybridized carbons (Fsp3) is 0.0909. The second-order valence-corrected chi connectivity index (χ2v) is 7.11. The monoisotopic (exact) mass is 410 g/mol. The van der Waals surface area contributed by atoms with Crippen molar-refractivity contribution in [1.82, 2.24) is 29.3 Å². The van der Waals surface area contributed by atoms with Gasteiger partial charge in [-0.1, -0.05) is 12.1 Å². The van der Waals surface area contributed by atoms with E-state index in [9.17, 15) is 4.79 Å². The molecule has 0 saturated heterocycles. The third-order valence-corrected chi connectivity index (χ3v) is 4.87. The summed E-state index contributed by atoms with van der Waals surface area (Å²) < 4.78 is 1.78. The van der Waals surface area contributed by atoms with Gasteiger partial charge in [0.2, 0.25) is 5.95 Å². The maximum atomic E-state index is 11.9. The molecule has 0 saturated carbocycles. The van der Waals surface area contributed by atoms with Gasteiger partial charge in [-0.05, 0) is 44.2 Å². The summed E-state index contributed by atoms with van der Waals surface area (Å²) in [5.74, 6) is 1.44. The van der Waals surface area contributed by atoms with Gasteiger partial charge in [-0.15, -0.1) is 0 Å². The van der Waals surface area contributed by atoms with Crippen molar-refractivity contribution in [2.24, 2.45) is 0 Å². The van der Waals surface area contributed by atoms with Crippen LogP contribution in [0.25, 0.3) is 28.1 Å². The van der Waals surface area contributed by atoms with Gasteiger partial charge >= 0.3 is 0 Å². The number of hydrogen-bond acceptors (Lipinski definition) is 8. The predicted molar refractivity (Wildman–Crippen MR) is 118 cm³/mol. The zero-order valence-electron chi connectivity index (χ0n) is 16.9. The number of Topliss-reactive ketones (excluding diaryl/α,β-unsaturated/α-hetero) is 1. The Morgan fingerprint density at radius 2 is 1.94 bits per heavy atom. The zero-order chi connectivity index (χ0) is 21.5. The molecule has 4 heterocycles. The van der Waals surface area contributed by atoms with Crippen molar-refractivity contribution >= 4 is 39.8 Å². The van der Waals surface area contributed by atoms with Gasteiger partial charge in [0.25, 0.3) is 0 Å². The lowest BCUT2D eigenvalue weighted by Crippen LogP contribution is -2.05. The van der Waals surface area contributed by atoms with Crippen LogP contribution >= 0.6 is 0 Å². The molecular formula is C22H18N8O. The first kappa shape index (κ1) is 18.6. The van der Waals surface area contributed by atoms with Gasteiger partial charge in [-0.2, -0.15) is 9.97 Å². The number of nitrogen functional groups attached to an aromatic ring is 1. The molecule has 0 bridgehead atoms. The van der Waals surface area contributed by atoms with Crippen molar-refractivity contribution in [2.75, 3.05) is 11.1 Å². The lowest BCUT2D eigenvalue weighted by atomic mass is 10.2. The van der Waals surface area contributed by atoms with Gasteiger partial charge in [-0.25, -0.2) is 9.97 Å².